The molecule has 0 amide bonds. The van der Waals surface area contributed by atoms with Crippen molar-refractivity contribution in [2.24, 2.45) is 0 Å². The SMILES string of the molecule is CS(=O)(=O)Cc1cccc(-c2ccc3ncnc(Nc4ccc(F)c(Cl)c4)c3c2)c1. The van der Waals surface area contributed by atoms with Crippen LogP contribution in [0.4, 0.5) is 15.9 Å². The minimum absolute atomic E-state index is 0.0155. The Kier molecular flexibility index (Phi) is 5.40. The number of rotatable bonds is 5. The molecule has 8 heteroatoms. The summed E-state index contributed by atoms with van der Waals surface area (Å²) >= 11 is 5.87. The van der Waals surface area contributed by atoms with Gasteiger partial charge in [-0.2, -0.15) is 0 Å². The molecule has 152 valence electrons. The van der Waals surface area contributed by atoms with Crippen LogP contribution in [0.15, 0.2) is 67.0 Å². The van der Waals surface area contributed by atoms with Gasteiger partial charge in [-0.1, -0.05) is 41.9 Å². The molecular weight excluding hydrogens is 425 g/mol. The number of nitrogens with zero attached hydrogens (tertiary/aromatic N) is 2. The first-order chi connectivity index (χ1) is 14.3. The van der Waals surface area contributed by atoms with Gasteiger partial charge in [-0.3, -0.25) is 0 Å². The molecule has 0 spiro atoms. The lowest BCUT2D eigenvalue weighted by Crippen LogP contribution is -2.00. The molecule has 1 N–H and O–H groups in total. The van der Waals surface area contributed by atoms with Gasteiger partial charge in [0.15, 0.2) is 9.84 Å². The summed E-state index contributed by atoms with van der Waals surface area (Å²) in [6.45, 7) is 0. The van der Waals surface area contributed by atoms with Crippen LogP contribution in [0.2, 0.25) is 5.02 Å². The smallest absolute Gasteiger partial charge is 0.151 e. The van der Waals surface area contributed by atoms with E-state index < -0.39 is 15.7 Å². The molecule has 0 aliphatic heterocycles. The molecule has 0 saturated heterocycles. The lowest BCUT2D eigenvalue weighted by atomic mass is 10.0. The van der Waals surface area contributed by atoms with Crippen molar-refractivity contribution in [3.8, 4) is 11.1 Å². The van der Waals surface area contributed by atoms with Crippen molar-refractivity contribution >= 4 is 43.8 Å². The van der Waals surface area contributed by atoms with Gasteiger partial charge in [-0.05, 0) is 47.0 Å². The van der Waals surface area contributed by atoms with Gasteiger partial charge in [0.1, 0.15) is 18.0 Å². The quantitative estimate of drug-likeness (QED) is 0.450. The number of fused-ring (bicyclic) bond motifs is 1. The van der Waals surface area contributed by atoms with Crippen LogP contribution in [0.3, 0.4) is 0 Å². The fraction of sp³-hybridized carbons (Fsp3) is 0.0909. The molecule has 5 nitrogen and oxygen atoms in total. The van der Waals surface area contributed by atoms with E-state index in [1.54, 1.807) is 12.1 Å². The highest BCUT2D eigenvalue weighted by Gasteiger charge is 2.10. The maximum absolute atomic E-state index is 13.4. The molecule has 0 fully saturated rings. The first kappa shape index (κ1) is 20.3. The number of hydrogen-bond acceptors (Lipinski definition) is 5. The Hall–Kier alpha value is -3.03. The molecule has 1 heterocycles. The third-order valence-electron chi connectivity index (χ3n) is 4.51. The standard InChI is InChI=1S/C22H17ClFN3O2S/c1-30(28,29)12-14-3-2-4-15(9-14)16-5-8-21-18(10-16)22(26-13-25-21)27-17-6-7-20(24)19(23)11-17/h2-11,13H,12H2,1H3,(H,25,26,27). The normalized spacial score (nSPS) is 11.6. The Labute approximate surface area is 178 Å². The number of halogens is 2. The molecule has 0 saturated carbocycles. The highest BCUT2D eigenvalue weighted by Crippen LogP contribution is 2.30. The second-order valence-corrected chi connectivity index (χ2v) is 9.53. The van der Waals surface area contributed by atoms with Crippen molar-refractivity contribution in [1.29, 1.82) is 0 Å². The van der Waals surface area contributed by atoms with E-state index >= 15 is 0 Å². The van der Waals surface area contributed by atoms with E-state index in [1.807, 2.05) is 36.4 Å². The number of aromatic nitrogens is 2. The number of anilines is 2. The van der Waals surface area contributed by atoms with Crippen molar-refractivity contribution < 1.29 is 12.8 Å². The van der Waals surface area contributed by atoms with Gasteiger partial charge in [-0.15, -0.1) is 0 Å². The monoisotopic (exact) mass is 441 g/mol. The topological polar surface area (TPSA) is 72.0 Å². The fourth-order valence-electron chi connectivity index (χ4n) is 3.19. The maximum atomic E-state index is 13.4. The molecule has 4 rings (SSSR count). The highest BCUT2D eigenvalue weighted by atomic mass is 35.5. The van der Waals surface area contributed by atoms with Crippen LogP contribution in [0, 0.1) is 5.82 Å². The van der Waals surface area contributed by atoms with Gasteiger partial charge in [0.25, 0.3) is 0 Å². The zero-order valence-corrected chi connectivity index (χ0v) is 17.5. The second-order valence-electron chi connectivity index (χ2n) is 6.98. The van der Waals surface area contributed by atoms with Crippen molar-refractivity contribution in [3.05, 3.63) is 83.4 Å². The zero-order chi connectivity index (χ0) is 21.3. The molecule has 0 unspecified atom stereocenters. The minimum atomic E-state index is -3.13. The van der Waals surface area contributed by atoms with E-state index in [9.17, 15) is 12.8 Å². The summed E-state index contributed by atoms with van der Waals surface area (Å²) in [5.41, 5.74) is 3.84. The minimum Gasteiger partial charge on any atom is -0.340 e. The van der Waals surface area contributed by atoms with Crippen molar-refractivity contribution in [1.82, 2.24) is 9.97 Å². The largest absolute Gasteiger partial charge is 0.340 e. The third-order valence-corrected chi connectivity index (χ3v) is 5.65. The molecule has 0 aliphatic rings. The summed E-state index contributed by atoms with van der Waals surface area (Å²) < 4.78 is 36.7. The van der Waals surface area contributed by atoms with E-state index in [-0.39, 0.29) is 10.8 Å². The van der Waals surface area contributed by atoms with Crippen LogP contribution in [0.25, 0.3) is 22.0 Å². The number of hydrogen-bond donors (Lipinski definition) is 1. The predicted molar refractivity (Wildman–Crippen MR) is 118 cm³/mol. The summed E-state index contributed by atoms with van der Waals surface area (Å²) in [6.07, 6.45) is 2.66. The molecule has 1 aromatic heterocycles. The number of benzene rings is 3. The van der Waals surface area contributed by atoms with Gasteiger partial charge in [0.05, 0.1) is 16.3 Å². The molecule has 4 aromatic rings. The Morgan fingerprint density at radius 1 is 1.00 bits per heavy atom. The number of nitrogens with one attached hydrogen (secondary N) is 1. The molecular formula is C22H17ClFN3O2S. The van der Waals surface area contributed by atoms with Gasteiger partial charge in [0, 0.05) is 17.3 Å². The van der Waals surface area contributed by atoms with Crippen LogP contribution in [0.1, 0.15) is 5.56 Å². The molecule has 30 heavy (non-hydrogen) atoms. The maximum Gasteiger partial charge on any atom is 0.151 e. The lowest BCUT2D eigenvalue weighted by Gasteiger charge is -2.11. The average molecular weight is 442 g/mol. The average Bonchev–Trinajstić information content (AvgIpc) is 2.70. The molecule has 0 atom stereocenters. The summed E-state index contributed by atoms with van der Waals surface area (Å²) in [5, 5.41) is 3.94. The Morgan fingerprint density at radius 2 is 1.80 bits per heavy atom. The van der Waals surface area contributed by atoms with E-state index in [0.717, 1.165) is 27.6 Å². The highest BCUT2D eigenvalue weighted by molar-refractivity contribution is 7.89. The fourth-order valence-corrected chi connectivity index (χ4v) is 4.16. The zero-order valence-electron chi connectivity index (χ0n) is 15.9. The second kappa shape index (κ2) is 8.01. The van der Waals surface area contributed by atoms with Crippen LogP contribution in [0.5, 0.6) is 0 Å². The summed E-state index contributed by atoms with van der Waals surface area (Å²) in [5.74, 6) is 0.0400. The van der Waals surface area contributed by atoms with E-state index in [2.05, 4.69) is 15.3 Å². The molecule has 3 aromatic carbocycles. The van der Waals surface area contributed by atoms with Crippen molar-refractivity contribution in [2.75, 3.05) is 11.6 Å². The Balaban J connectivity index is 1.74. The predicted octanol–water partition coefficient (Wildman–Crippen LogP) is 5.38. The summed E-state index contributed by atoms with van der Waals surface area (Å²) in [7, 11) is -3.13. The molecule has 0 aliphatic carbocycles. The van der Waals surface area contributed by atoms with Crippen molar-refractivity contribution in [2.45, 2.75) is 5.75 Å². The Bertz CT molecular complexity index is 1360. The van der Waals surface area contributed by atoms with Crippen LogP contribution in [-0.2, 0) is 15.6 Å². The van der Waals surface area contributed by atoms with Gasteiger partial charge < -0.3 is 5.32 Å². The van der Waals surface area contributed by atoms with Crippen LogP contribution >= 0.6 is 11.6 Å². The first-order valence-electron chi connectivity index (χ1n) is 9.02. The molecule has 0 radical (unpaired) electrons. The van der Waals surface area contributed by atoms with E-state index in [1.165, 1.54) is 24.7 Å². The van der Waals surface area contributed by atoms with Crippen LogP contribution in [-0.4, -0.2) is 24.6 Å². The Morgan fingerprint density at radius 3 is 2.57 bits per heavy atom. The third kappa shape index (κ3) is 4.58. The van der Waals surface area contributed by atoms with Crippen molar-refractivity contribution in [3.63, 3.8) is 0 Å². The lowest BCUT2D eigenvalue weighted by molar-refractivity contribution is 0.601. The first-order valence-corrected chi connectivity index (χ1v) is 11.5. The van der Waals surface area contributed by atoms with Gasteiger partial charge >= 0.3 is 0 Å². The van der Waals surface area contributed by atoms with Gasteiger partial charge in [-0.25, -0.2) is 22.8 Å². The van der Waals surface area contributed by atoms with Crippen LogP contribution < -0.4 is 5.32 Å². The summed E-state index contributed by atoms with van der Waals surface area (Å²) in [4.78, 5) is 8.62. The molecule has 0 bridgehead atoms. The van der Waals surface area contributed by atoms with Gasteiger partial charge in [0.2, 0.25) is 0 Å². The van der Waals surface area contributed by atoms with E-state index in [0.29, 0.717) is 11.5 Å². The summed E-state index contributed by atoms with van der Waals surface area (Å²) in [6, 6.07) is 17.5. The number of sulfone groups is 1. The van der Waals surface area contributed by atoms with E-state index in [4.69, 9.17) is 11.6 Å².